The van der Waals surface area contributed by atoms with Crippen molar-refractivity contribution >= 4 is 22.6 Å². The number of aromatic nitrogens is 5. The van der Waals surface area contributed by atoms with E-state index in [0.717, 1.165) is 71.6 Å². The molecule has 1 amide bonds. The van der Waals surface area contributed by atoms with E-state index in [4.69, 9.17) is 9.72 Å². The van der Waals surface area contributed by atoms with E-state index in [0.29, 0.717) is 24.9 Å². The number of nitrogens with zero attached hydrogens (tertiary/aromatic N) is 6. The van der Waals surface area contributed by atoms with Crippen LogP contribution >= 0.6 is 0 Å². The van der Waals surface area contributed by atoms with Crippen LogP contribution in [0.15, 0.2) is 36.4 Å². The SMILES string of the molecule is COC1CCC(n2c([C@@H]3CCCC(=O)N3c3ccc(F)c(F)c3)nc3cc(-c4c(C)nnn4C)ccc32)CC1. The summed E-state index contributed by atoms with van der Waals surface area (Å²) in [6.07, 6.45) is 5.70. The average Bonchev–Trinajstić information content (AvgIpc) is 3.48. The third-order valence-electron chi connectivity index (χ3n) is 8.26. The molecule has 0 unspecified atom stereocenters. The van der Waals surface area contributed by atoms with Gasteiger partial charge in [0, 0.05) is 43.9 Å². The number of amides is 1. The van der Waals surface area contributed by atoms with Crippen molar-refractivity contribution in [1.82, 2.24) is 24.5 Å². The summed E-state index contributed by atoms with van der Waals surface area (Å²) >= 11 is 0. The molecule has 6 rings (SSSR count). The van der Waals surface area contributed by atoms with Gasteiger partial charge in [-0.2, -0.15) is 0 Å². The molecule has 0 bridgehead atoms. The lowest BCUT2D eigenvalue weighted by Gasteiger charge is -2.37. The summed E-state index contributed by atoms with van der Waals surface area (Å²) in [6, 6.07) is 9.65. The molecule has 1 aliphatic heterocycles. The number of halogens is 2. The third kappa shape index (κ3) is 4.50. The number of hydrogen-bond donors (Lipinski definition) is 0. The lowest BCUT2D eigenvalue weighted by atomic mass is 9.91. The van der Waals surface area contributed by atoms with Gasteiger partial charge in [0.1, 0.15) is 5.82 Å². The van der Waals surface area contributed by atoms with Crippen molar-refractivity contribution in [2.24, 2.45) is 7.05 Å². The number of carbonyl (C=O) groups excluding carboxylic acids is 1. The standard InChI is InChI=1S/C29H32F2N6O2/c1-17-28(35(2)34-33-17)18-7-14-25-24(15-18)32-29(37(25)19-8-11-21(39-3)12-9-19)26-5-4-6-27(38)36(26)20-10-13-22(30)23(31)16-20/h7,10,13-16,19,21,26H,4-6,8-9,11-12H2,1-3H3/t19?,21?,26-/m0/s1. The van der Waals surface area contributed by atoms with E-state index in [1.807, 2.05) is 20.0 Å². The maximum absolute atomic E-state index is 14.3. The Morgan fingerprint density at radius 2 is 1.79 bits per heavy atom. The molecular formula is C29H32F2N6O2. The summed E-state index contributed by atoms with van der Waals surface area (Å²) in [7, 11) is 3.62. The van der Waals surface area contributed by atoms with Gasteiger partial charge in [-0.3, -0.25) is 4.79 Å². The molecule has 2 aromatic heterocycles. The minimum absolute atomic E-state index is 0.115. The number of piperidine rings is 1. The monoisotopic (exact) mass is 534 g/mol. The van der Waals surface area contributed by atoms with Crippen LogP contribution in [0.5, 0.6) is 0 Å². The van der Waals surface area contributed by atoms with E-state index in [9.17, 15) is 13.6 Å². The van der Waals surface area contributed by atoms with Crippen molar-refractivity contribution in [3.8, 4) is 11.3 Å². The van der Waals surface area contributed by atoms with Crippen LogP contribution in [0.4, 0.5) is 14.5 Å². The van der Waals surface area contributed by atoms with Gasteiger partial charge in [0.05, 0.1) is 34.6 Å². The largest absolute Gasteiger partial charge is 0.381 e. The molecule has 2 aromatic carbocycles. The minimum Gasteiger partial charge on any atom is -0.381 e. The van der Waals surface area contributed by atoms with Crippen LogP contribution in [-0.4, -0.2) is 43.7 Å². The lowest BCUT2D eigenvalue weighted by Crippen LogP contribution is -2.40. The maximum atomic E-state index is 14.3. The van der Waals surface area contributed by atoms with Crippen molar-refractivity contribution in [2.45, 2.75) is 70.1 Å². The Morgan fingerprint density at radius 3 is 2.49 bits per heavy atom. The molecule has 8 nitrogen and oxygen atoms in total. The summed E-state index contributed by atoms with van der Waals surface area (Å²) in [5, 5.41) is 8.35. The predicted molar refractivity (Wildman–Crippen MR) is 143 cm³/mol. The van der Waals surface area contributed by atoms with E-state index in [2.05, 4.69) is 27.0 Å². The van der Waals surface area contributed by atoms with Crippen LogP contribution in [0.25, 0.3) is 22.3 Å². The number of carbonyl (C=O) groups is 1. The van der Waals surface area contributed by atoms with Crippen molar-refractivity contribution < 1.29 is 18.3 Å². The van der Waals surface area contributed by atoms with Gasteiger partial charge in [-0.05, 0) is 69.7 Å². The fraction of sp³-hybridized carbons (Fsp3) is 0.448. The van der Waals surface area contributed by atoms with Gasteiger partial charge >= 0.3 is 0 Å². The van der Waals surface area contributed by atoms with Crippen LogP contribution in [0.2, 0.25) is 0 Å². The Morgan fingerprint density at radius 1 is 1.00 bits per heavy atom. The van der Waals surface area contributed by atoms with Crippen molar-refractivity contribution in [3.63, 3.8) is 0 Å². The Hall–Kier alpha value is -3.66. The summed E-state index contributed by atoms with van der Waals surface area (Å²) in [6.45, 7) is 1.93. The second-order valence-electron chi connectivity index (χ2n) is 10.6. The molecule has 2 fully saturated rings. The van der Waals surface area contributed by atoms with E-state index >= 15 is 0 Å². The van der Waals surface area contributed by atoms with Crippen LogP contribution < -0.4 is 4.90 Å². The highest BCUT2D eigenvalue weighted by molar-refractivity contribution is 5.95. The van der Waals surface area contributed by atoms with E-state index < -0.39 is 17.7 Å². The number of aryl methyl sites for hydroxylation is 2. The Bertz CT molecular complexity index is 1520. The molecule has 39 heavy (non-hydrogen) atoms. The Balaban J connectivity index is 1.50. The van der Waals surface area contributed by atoms with Crippen LogP contribution in [-0.2, 0) is 16.6 Å². The van der Waals surface area contributed by atoms with Gasteiger partial charge in [-0.1, -0.05) is 11.3 Å². The van der Waals surface area contributed by atoms with Crippen molar-refractivity contribution in [3.05, 3.63) is 59.6 Å². The molecule has 3 heterocycles. The van der Waals surface area contributed by atoms with Gasteiger partial charge < -0.3 is 14.2 Å². The first kappa shape index (κ1) is 25.6. The third-order valence-corrected chi connectivity index (χ3v) is 8.26. The highest BCUT2D eigenvalue weighted by Gasteiger charge is 2.36. The maximum Gasteiger partial charge on any atom is 0.227 e. The smallest absolute Gasteiger partial charge is 0.227 e. The number of benzene rings is 2. The molecule has 10 heteroatoms. The molecule has 1 saturated carbocycles. The molecule has 0 N–H and O–H groups in total. The average molecular weight is 535 g/mol. The zero-order chi connectivity index (χ0) is 27.3. The summed E-state index contributed by atoms with van der Waals surface area (Å²) in [5.41, 5.74) is 4.87. The number of imidazole rings is 1. The molecule has 0 radical (unpaired) electrons. The zero-order valence-corrected chi connectivity index (χ0v) is 22.4. The summed E-state index contributed by atoms with van der Waals surface area (Å²) in [4.78, 5) is 20.0. The number of anilines is 1. The van der Waals surface area contributed by atoms with Gasteiger partial charge in [0.15, 0.2) is 11.6 Å². The molecule has 1 saturated heterocycles. The number of hydrogen-bond acceptors (Lipinski definition) is 5. The molecule has 4 aromatic rings. The van der Waals surface area contributed by atoms with E-state index in [-0.39, 0.29) is 18.1 Å². The number of methoxy groups -OCH3 is 1. The number of ether oxygens (including phenoxy) is 1. The summed E-state index contributed by atoms with van der Waals surface area (Å²) < 4.78 is 37.7. The van der Waals surface area contributed by atoms with Crippen molar-refractivity contribution in [1.29, 1.82) is 0 Å². The quantitative estimate of drug-likeness (QED) is 0.323. The molecule has 1 aliphatic carbocycles. The first-order valence-electron chi connectivity index (χ1n) is 13.5. The zero-order valence-electron chi connectivity index (χ0n) is 22.4. The van der Waals surface area contributed by atoms with Crippen LogP contribution in [0.3, 0.4) is 0 Å². The Kier molecular flexibility index (Phi) is 6.66. The fourth-order valence-electron chi connectivity index (χ4n) is 6.35. The summed E-state index contributed by atoms with van der Waals surface area (Å²) in [5.74, 6) is -1.24. The second kappa shape index (κ2) is 10.1. The number of fused-ring (bicyclic) bond motifs is 1. The second-order valence-corrected chi connectivity index (χ2v) is 10.6. The van der Waals surface area contributed by atoms with Gasteiger partial charge in [-0.25, -0.2) is 18.4 Å². The van der Waals surface area contributed by atoms with Crippen molar-refractivity contribution in [2.75, 3.05) is 12.0 Å². The topological polar surface area (TPSA) is 78.1 Å². The van der Waals surface area contributed by atoms with Gasteiger partial charge in [0.2, 0.25) is 5.91 Å². The normalized spacial score (nSPS) is 22.1. The highest BCUT2D eigenvalue weighted by Crippen LogP contribution is 2.41. The first-order valence-corrected chi connectivity index (χ1v) is 13.5. The molecule has 1 atom stereocenters. The molecule has 0 spiro atoms. The lowest BCUT2D eigenvalue weighted by molar-refractivity contribution is -0.120. The minimum atomic E-state index is -0.971. The van der Waals surface area contributed by atoms with Gasteiger partial charge in [0.25, 0.3) is 0 Å². The fourth-order valence-corrected chi connectivity index (χ4v) is 6.35. The Labute approximate surface area is 225 Å². The van der Waals surface area contributed by atoms with Crippen LogP contribution in [0.1, 0.15) is 68.5 Å². The van der Waals surface area contributed by atoms with E-state index in [1.165, 1.54) is 6.07 Å². The molecular weight excluding hydrogens is 502 g/mol. The first-order chi connectivity index (χ1) is 18.9. The predicted octanol–water partition coefficient (Wildman–Crippen LogP) is 5.81. The van der Waals surface area contributed by atoms with Crippen LogP contribution in [0, 0.1) is 18.6 Å². The van der Waals surface area contributed by atoms with E-state index in [1.54, 1.807) is 16.7 Å². The number of rotatable bonds is 5. The molecule has 204 valence electrons. The molecule has 2 aliphatic rings. The highest BCUT2D eigenvalue weighted by atomic mass is 19.2. The van der Waals surface area contributed by atoms with Gasteiger partial charge in [-0.15, -0.1) is 5.10 Å².